The van der Waals surface area contributed by atoms with Crippen molar-refractivity contribution in [2.45, 2.75) is 6.18 Å². The summed E-state index contributed by atoms with van der Waals surface area (Å²) < 4.78 is 41.0. The predicted octanol–water partition coefficient (Wildman–Crippen LogP) is 1.09. The molecule has 0 atom stereocenters. The second-order valence-electron chi connectivity index (χ2n) is 2.19. The molecule has 0 amide bonds. The number of alkyl halides is 3. The molecule has 0 saturated heterocycles. The van der Waals surface area contributed by atoms with Crippen LogP contribution in [0.25, 0.3) is 0 Å². The number of methoxy groups -OCH3 is 1. The summed E-state index contributed by atoms with van der Waals surface area (Å²) in [6.07, 6.45) is -4.53. The lowest BCUT2D eigenvalue weighted by molar-refractivity contribution is -0.139. The van der Waals surface area contributed by atoms with Crippen molar-refractivity contribution in [3.05, 3.63) is 11.6 Å². The van der Waals surface area contributed by atoms with Crippen LogP contribution in [0.1, 0.15) is 5.56 Å². The third-order valence-electron chi connectivity index (χ3n) is 1.28. The van der Waals surface area contributed by atoms with Crippen LogP contribution in [0, 0.1) is 0 Å². The first kappa shape index (κ1) is 9.56. The fourth-order valence-corrected chi connectivity index (χ4v) is 0.749. The Hall–Kier alpha value is -1.53. The van der Waals surface area contributed by atoms with E-state index >= 15 is 0 Å². The van der Waals surface area contributed by atoms with Crippen molar-refractivity contribution in [1.29, 1.82) is 0 Å². The molecule has 0 aromatic carbocycles. The number of anilines is 1. The maximum Gasteiger partial charge on any atom is 0.421 e. The highest BCUT2D eigenvalue weighted by atomic mass is 19.4. The molecule has 0 unspecified atom stereocenters. The molecule has 0 aliphatic heterocycles. The molecule has 0 bridgehead atoms. The Kier molecular flexibility index (Phi) is 2.26. The molecule has 1 heterocycles. The Morgan fingerprint density at radius 3 is 2.46 bits per heavy atom. The van der Waals surface area contributed by atoms with Gasteiger partial charge in [0.25, 0.3) is 0 Å². The molecule has 7 heteroatoms. The first-order valence-corrected chi connectivity index (χ1v) is 3.19. The van der Waals surface area contributed by atoms with E-state index in [9.17, 15) is 13.2 Å². The van der Waals surface area contributed by atoms with E-state index in [1.54, 1.807) is 0 Å². The summed E-state index contributed by atoms with van der Waals surface area (Å²) >= 11 is 0. The van der Waals surface area contributed by atoms with E-state index in [2.05, 4.69) is 14.9 Å². The summed E-state index contributed by atoms with van der Waals surface area (Å²) in [7, 11) is 1.08. The van der Waals surface area contributed by atoms with Gasteiger partial charge in [-0.2, -0.15) is 13.2 Å². The lowest BCUT2D eigenvalue weighted by Crippen LogP contribution is -2.10. The van der Waals surface area contributed by atoms with Crippen LogP contribution in [0.5, 0.6) is 5.88 Å². The number of nitrogens with zero attached hydrogens (tertiary/aromatic N) is 2. The van der Waals surface area contributed by atoms with Gasteiger partial charge < -0.3 is 10.5 Å². The van der Waals surface area contributed by atoms with Crippen LogP contribution in [0.15, 0.2) is 6.07 Å². The van der Waals surface area contributed by atoms with Crippen LogP contribution in [0.2, 0.25) is 0 Å². The highest BCUT2D eigenvalue weighted by Crippen LogP contribution is 2.34. The van der Waals surface area contributed by atoms with Crippen molar-refractivity contribution in [1.82, 2.24) is 10.2 Å². The van der Waals surface area contributed by atoms with Crippen LogP contribution in [0.4, 0.5) is 19.0 Å². The van der Waals surface area contributed by atoms with E-state index < -0.39 is 17.6 Å². The molecule has 72 valence electrons. The quantitative estimate of drug-likeness (QED) is 0.725. The summed E-state index contributed by atoms with van der Waals surface area (Å²) in [5.74, 6) is -0.880. The maximum atomic E-state index is 12.2. The van der Waals surface area contributed by atoms with Gasteiger partial charge in [-0.1, -0.05) is 0 Å². The van der Waals surface area contributed by atoms with Crippen LogP contribution in [-0.2, 0) is 6.18 Å². The second kappa shape index (κ2) is 3.08. The van der Waals surface area contributed by atoms with Gasteiger partial charge in [0, 0.05) is 0 Å². The van der Waals surface area contributed by atoms with Crippen molar-refractivity contribution in [3.8, 4) is 5.88 Å². The molecule has 2 N–H and O–H groups in total. The van der Waals surface area contributed by atoms with Crippen molar-refractivity contribution >= 4 is 5.82 Å². The highest BCUT2D eigenvalue weighted by molar-refractivity contribution is 5.37. The minimum Gasteiger partial charge on any atom is -0.479 e. The summed E-state index contributed by atoms with van der Waals surface area (Å²) in [6, 6.07) is 0.672. The zero-order valence-corrected chi connectivity index (χ0v) is 6.59. The zero-order chi connectivity index (χ0) is 10.1. The summed E-state index contributed by atoms with van der Waals surface area (Å²) in [6.45, 7) is 0. The van der Waals surface area contributed by atoms with Gasteiger partial charge in [-0.15, -0.1) is 10.2 Å². The molecular weight excluding hydrogens is 187 g/mol. The van der Waals surface area contributed by atoms with E-state index in [4.69, 9.17) is 5.73 Å². The first-order valence-electron chi connectivity index (χ1n) is 3.19. The molecule has 0 aliphatic rings. The molecule has 1 aromatic rings. The first-order chi connectivity index (χ1) is 5.95. The number of nitrogens with two attached hydrogens (primary N) is 1. The molecule has 13 heavy (non-hydrogen) atoms. The van der Waals surface area contributed by atoms with Crippen molar-refractivity contribution < 1.29 is 17.9 Å². The molecule has 0 aliphatic carbocycles. The van der Waals surface area contributed by atoms with Gasteiger partial charge in [0.05, 0.1) is 7.11 Å². The monoisotopic (exact) mass is 193 g/mol. The standard InChI is InChI=1S/C6H6F3N3O/c1-13-5-3(6(7,8)9)2-4(10)11-12-5/h2H,1H3,(H2,10,11). The lowest BCUT2D eigenvalue weighted by atomic mass is 10.3. The Labute approximate surface area is 71.5 Å². The Morgan fingerprint density at radius 1 is 1.38 bits per heavy atom. The number of rotatable bonds is 1. The topological polar surface area (TPSA) is 61.0 Å². The number of nitrogen functional groups attached to an aromatic ring is 1. The maximum absolute atomic E-state index is 12.2. The Morgan fingerprint density at radius 2 is 2.00 bits per heavy atom. The van der Waals surface area contributed by atoms with Gasteiger partial charge in [-0.25, -0.2) is 0 Å². The van der Waals surface area contributed by atoms with E-state index in [0.29, 0.717) is 6.07 Å². The molecule has 1 aromatic heterocycles. The normalized spacial score (nSPS) is 11.4. The van der Waals surface area contributed by atoms with E-state index in [-0.39, 0.29) is 5.82 Å². The SMILES string of the molecule is COc1nnc(N)cc1C(F)(F)F. The number of ether oxygens (including phenoxy) is 1. The molecule has 4 nitrogen and oxygen atoms in total. The second-order valence-corrected chi connectivity index (χ2v) is 2.19. The average molecular weight is 193 g/mol. The van der Waals surface area contributed by atoms with E-state index in [0.717, 1.165) is 7.11 Å². The lowest BCUT2D eigenvalue weighted by Gasteiger charge is -2.09. The number of hydrogen-bond donors (Lipinski definition) is 1. The van der Waals surface area contributed by atoms with Gasteiger partial charge in [0.15, 0.2) is 0 Å². The minimum atomic E-state index is -4.53. The highest BCUT2D eigenvalue weighted by Gasteiger charge is 2.35. The smallest absolute Gasteiger partial charge is 0.421 e. The fourth-order valence-electron chi connectivity index (χ4n) is 0.749. The van der Waals surface area contributed by atoms with Crippen molar-refractivity contribution in [3.63, 3.8) is 0 Å². The van der Waals surface area contributed by atoms with Crippen LogP contribution in [0.3, 0.4) is 0 Å². The van der Waals surface area contributed by atoms with E-state index in [1.165, 1.54) is 0 Å². The molecule has 0 fully saturated rings. The Balaban J connectivity index is 3.24. The number of aromatic nitrogens is 2. The molecule has 0 spiro atoms. The fraction of sp³-hybridized carbons (Fsp3) is 0.333. The van der Waals surface area contributed by atoms with E-state index in [1.807, 2.05) is 0 Å². The van der Waals surface area contributed by atoms with Crippen molar-refractivity contribution in [2.75, 3.05) is 12.8 Å². The molecule has 0 saturated carbocycles. The summed E-state index contributed by atoms with van der Waals surface area (Å²) in [5, 5.41) is 6.37. The molecular formula is C6H6F3N3O. The van der Waals surface area contributed by atoms with Crippen LogP contribution in [-0.4, -0.2) is 17.3 Å². The zero-order valence-electron chi connectivity index (χ0n) is 6.59. The van der Waals surface area contributed by atoms with Gasteiger partial charge in [-0.05, 0) is 6.07 Å². The largest absolute Gasteiger partial charge is 0.479 e. The third kappa shape index (κ3) is 1.98. The van der Waals surface area contributed by atoms with Gasteiger partial charge >= 0.3 is 6.18 Å². The summed E-state index contributed by atoms with van der Waals surface area (Å²) in [4.78, 5) is 0. The predicted molar refractivity (Wildman–Crippen MR) is 38.0 cm³/mol. The Bertz CT molecular complexity index is 312. The minimum absolute atomic E-state index is 0.298. The summed E-state index contributed by atoms with van der Waals surface area (Å²) in [5.41, 5.74) is 4.02. The van der Waals surface area contributed by atoms with Gasteiger partial charge in [-0.3, -0.25) is 0 Å². The molecule has 0 radical (unpaired) electrons. The van der Waals surface area contributed by atoms with Gasteiger partial charge in [0.2, 0.25) is 5.88 Å². The van der Waals surface area contributed by atoms with Crippen LogP contribution < -0.4 is 10.5 Å². The average Bonchev–Trinajstić information content (AvgIpc) is 2.03. The number of halogens is 3. The molecule has 1 rings (SSSR count). The van der Waals surface area contributed by atoms with Gasteiger partial charge in [0.1, 0.15) is 11.4 Å². The van der Waals surface area contributed by atoms with Crippen molar-refractivity contribution in [2.24, 2.45) is 0 Å². The third-order valence-corrected chi connectivity index (χ3v) is 1.28. The number of hydrogen-bond acceptors (Lipinski definition) is 4. The van der Waals surface area contributed by atoms with Crippen LogP contribution >= 0.6 is 0 Å².